The highest BCUT2D eigenvalue weighted by Gasteiger charge is 2.06. The van der Waals surface area contributed by atoms with Gasteiger partial charge >= 0.3 is 6.01 Å². The Morgan fingerprint density at radius 1 is 1.59 bits per heavy atom. The summed E-state index contributed by atoms with van der Waals surface area (Å²) >= 11 is 11.0. The second kappa shape index (κ2) is 5.66. The van der Waals surface area contributed by atoms with Gasteiger partial charge in [0.2, 0.25) is 0 Å². The maximum absolute atomic E-state index is 5.98. The normalized spacial score (nSPS) is 10.3. The number of thiophene rings is 1. The number of nitrogens with zero attached hydrogens (tertiary/aromatic N) is 2. The van der Waals surface area contributed by atoms with Gasteiger partial charge in [0.05, 0.1) is 19.9 Å². The molecule has 0 atom stereocenters. The molecule has 0 fully saturated rings. The van der Waals surface area contributed by atoms with E-state index in [1.807, 2.05) is 11.4 Å². The fourth-order valence-corrected chi connectivity index (χ4v) is 2.74. The Morgan fingerprint density at radius 2 is 2.41 bits per heavy atom. The van der Waals surface area contributed by atoms with Gasteiger partial charge < -0.3 is 10.1 Å². The number of methoxy groups -OCH3 is 1. The lowest BCUT2D eigenvalue weighted by atomic mass is 10.4. The highest BCUT2D eigenvalue weighted by atomic mass is 79.9. The van der Waals surface area contributed by atoms with Crippen molar-refractivity contribution in [2.75, 3.05) is 12.4 Å². The summed E-state index contributed by atoms with van der Waals surface area (Å²) in [6, 6.07) is 2.34. The molecule has 0 aliphatic carbocycles. The monoisotopic (exact) mass is 333 g/mol. The van der Waals surface area contributed by atoms with E-state index in [0.29, 0.717) is 23.4 Å². The summed E-state index contributed by atoms with van der Waals surface area (Å²) in [4.78, 5) is 9.22. The van der Waals surface area contributed by atoms with Crippen molar-refractivity contribution in [3.05, 3.63) is 32.0 Å². The zero-order chi connectivity index (χ0) is 12.3. The molecule has 0 saturated heterocycles. The molecule has 0 aliphatic rings. The molecule has 0 amide bonds. The van der Waals surface area contributed by atoms with Crippen LogP contribution in [0.5, 0.6) is 6.01 Å². The van der Waals surface area contributed by atoms with Gasteiger partial charge in [-0.2, -0.15) is 4.98 Å². The van der Waals surface area contributed by atoms with Crippen LogP contribution in [-0.2, 0) is 6.54 Å². The van der Waals surface area contributed by atoms with Crippen molar-refractivity contribution in [1.82, 2.24) is 9.97 Å². The highest BCUT2D eigenvalue weighted by molar-refractivity contribution is 9.10. The van der Waals surface area contributed by atoms with E-state index in [9.17, 15) is 0 Å². The van der Waals surface area contributed by atoms with E-state index in [1.54, 1.807) is 11.3 Å². The minimum atomic E-state index is 0.296. The maximum Gasteiger partial charge on any atom is 0.318 e. The van der Waals surface area contributed by atoms with Crippen LogP contribution in [0.1, 0.15) is 4.88 Å². The van der Waals surface area contributed by atoms with Crippen LogP contribution in [0.4, 0.5) is 5.82 Å². The van der Waals surface area contributed by atoms with Crippen molar-refractivity contribution in [2.24, 2.45) is 0 Å². The predicted octanol–water partition coefficient (Wildman–Crippen LogP) is 3.57. The third kappa shape index (κ3) is 3.31. The van der Waals surface area contributed by atoms with Crippen LogP contribution < -0.4 is 10.1 Å². The predicted molar refractivity (Wildman–Crippen MR) is 72.9 cm³/mol. The van der Waals surface area contributed by atoms with Crippen LogP contribution in [-0.4, -0.2) is 17.1 Å². The molecule has 0 spiro atoms. The van der Waals surface area contributed by atoms with Crippen molar-refractivity contribution in [2.45, 2.75) is 6.54 Å². The topological polar surface area (TPSA) is 47.0 Å². The molecule has 4 nitrogen and oxygen atoms in total. The number of aromatic nitrogens is 2. The first-order chi connectivity index (χ1) is 8.19. The van der Waals surface area contributed by atoms with Crippen molar-refractivity contribution in [3.8, 4) is 6.01 Å². The molecule has 2 rings (SSSR count). The summed E-state index contributed by atoms with van der Waals surface area (Å²) < 4.78 is 6.01. The minimum Gasteiger partial charge on any atom is -0.467 e. The highest BCUT2D eigenvalue weighted by Crippen LogP contribution is 2.23. The van der Waals surface area contributed by atoms with Crippen LogP contribution >= 0.6 is 38.9 Å². The third-order valence-electron chi connectivity index (χ3n) is 1.96. The lowest BCUT2D eigenvalue weighted by molar-refractivity contribution is 0.380. The molecule has 2 aromatic rings. The number of hydrogen-bond donors (Lipinski definition) is 1. The number of anilines is 1. The quantitative estimate of drug-likeness (QED) is 0.928. The van der Waals surface area contributed by atoms with Crippen LogP contribution in [0.2, 0.25) is 5.02 Å². The molecule has 1 N–H and O–H groups in total. The summed E-state index contributed by atoms with van der Waals surface area (Å²) in [6.45, 7) is 0.663. The summed E-state index contributed by atoms with van der Waals surface area (Å²) in [5, 5.41) is 5.64. The van der Waals surface area contributed by atoms with Crippen LogP contribution in [0.15, 0.2) is 22.1 Å². The zero-order valence-electron chi connectivity index (χ0n) is 8.91. The van der Waals surface area contributed by atoms with E-state index in [4.69, 9.17) is 16.3 Å². The fraction of sp³-hybridized carbons (Fsp3) is 0.200. The molecule has 7 heteroatoms. The molecule has 2 aromatic heterocycles. The van der Waals surface area contributed by atoms with E-state index in [0.717, 1.165) is 4.47 Å². The molecule has 0 aromatic carbocycles. The number of hydrogen-bond acceptors (Lipinski definition) is 5. The molecule has 2 heterocycles. The first-order valence-corrected chi connectivity index (χ1v) is 6.77. The number of ether oxygens (including phenoxy) is 1. The second-order valence-electron chi connectivity index (χ2n) is 3.14. The Kier molecular flexibility index (Phi) is 4.20. The first-order valence-electron chi connectivity index (χ1n) is 4.72. The molecule has 0 unspecified atom stereocenters. The van der Waals surface area contributed by atoms with Gasteiger partial charge in [0.15, 0.2) is 5.82 Å². The summed E-state index contributed by atoms with van der Waals surface area (Å²) in [5.74, 6) is 0.572. The largest absolute Gasteiger partial charge is 0.467 e. The molecule has 0 saturated carbocycles. The standard InChI is InChI=1S/C10H9BrClN3OS/c1-16-10-14-4-8(12)9(15-10)13-3-7-2-6(11)5-17-7/h2,4-5H,3H2,1H3,(H,13,14,15). The van der Waals surface area contributed by atoms with Gasteiger partial charge in [-0.25, -0.2) is 4.98 Å². The average Bonchev–Trinajstić information content (AvgIpc) is 2.74. The summed E-state index contributed by atoms with van der Waals surface area (Å²) in [7, 11) is 1.52. The smallest absolute Gasteiger partial charge is 0.318 e. The van der Waals surface area contributed by atoms with Gasteiger partial charge in [-0.3, -0.25) is 0 Å². The Hall–Kier alpha value is -0.850. The lowest BCUT2D eigenvalue weighted by Gasteiger charge is -2.06. The van der Waals surface area contributed by atoms with Crippen LogP contribution in [0, 0.1) is 0 Å². The van der Waals surface area contributed by atoms with E-state index >= 15 is 0 Å². The average molecular weight is 335 g/mol. The molecule has 0 aliphatic heterocycles. The Labute approximate surface area is 116 Å². The van der Waals surface area contributed by atoms with Crippen molar-refractivity contribution in [3.63, 3.8) is 0 Å². The van der Waals surface area contributed by atoms with Gasteiger partial charge in [-0.15, -0.1) is 11.3 Å². The molecule has 0 radical (unpaired) electrons. The van der Waals surface area contributed by atoms with E-state index in [-0.39, 0.29) is 0 Å². The summed E-state index contributed by atoms with van der Waals surface area (Å²) in [5.41, 5.74) is 0. The second-order valence-corrected chi connectivity index (χ2v) is 5.46. The van der Waals surface area contributed by atoms with Crippen LogP contribution in [0.25, 0.3) is 0 Å². The zero-order valence-corrected chi connectivity index (χ0v) is 12.1. The molecule has 90 valence electrons. The number of halogens is 2. The maximum atomic E-state index is 5.98. The van der Waals surface area contributed by atoms with E-state index < -0.39 is 0 Å². The third-order valence-corrected chi connectivity index (χ3v) is 3.93. The Bertz CT molecular complexity index is 520. The Morgan fingerprint density at radius 3 is 3.06 bits per heavy atom. The van der Waals surface area contributed by atoms with E-state index in [1.165, 1.54) is 18.2 Å². The molecular weight excluding hydrogens is 326 g/mol. The Balaban J connectivity index is 2.07. The van der Waals surface area contributed by atoms with Crippen molar-refractivity contribution >= 4 is 44.7 Å². The molecular formula is C10H9BrClN3OS. The van der Waals surface area contributed by atoms with Crippen molar-refractivity contribution in [1.29, 1.82) is 0 Å². The summed E-state index contributed by atoms with van der Waals surface area (Å²) in [6.07, 6.45) is 1.51. The molecule has 0 bridgehead atoms. The molecule has 17 heavy (non-hydrogen) atoms. The first kappa shape index (κ1) is 12.6. The lowest BCUT2D eigenvalue weighted by Crippen LogP contribution is -2.02. The SMILES string of the molecule is COc1ncc(Cl)c(NCc2cc(Br)cs2)n1. The van der Waals surface area contributed by atoms with Crippen LogP contribution in [0.3, 0.4) is 0 Å². The number of nitrogens with one attached hydrogen (secondary N) is 1. The van der Waals surface area contributed by atoms with E-state index in [2.05, 4.69) is 31.2 Å². The van der Waals surface area contributed by atoms with Gasteiger partial charge in [0.1, 0.15) is 5.02 Å². The van der Waals surface area contributed by atoms with Gasteiger partial charge in [0, 0.05) is 14.7 Å². The van der Waals surface area contributed by atoms with Gasteiger partial charge in [0.25, 0.3) is 0 Å². The van der Waals surface area contributed by atoms with Gasteiger partial charge in [-0.1, -0.05) is 11.6 Å². The van der Waals surface area contributed by atoms with Crippen molar-refractivity contribution < 1.29 is 4.74 Å². The minimum absolute atomic E-state index is 0.296. The van der Waals surface area contributed by atoms with Gasteiger partial charge in [-0.05, 0) is 22.0 Å². The number of rotatable bonds is 4. The fourth-order valence-electron chi connectivity index (χ4n) is 1.19.